The van der Waals surface area contributed by atoms with E-state index in [4.69, 9.17) is 4.74 Å². The average Bonchev–Trinajstić information content (AvgIpc) is 3.36. The summed E-state index contributed by atoms with van der Waals surface area (Å²) in [7, 11) is -3.10. The topological polar surface area (TPSA) is 103 Å². The first kappa shape index (κ1) is 20.1. The molecule has 0 spiro atoms. The summed E-state index contributed by atoms with van der Waals surface area (Å²) in [5.41, 5.74) is -2.38. The van der Waals surface area contributed by atoms with Crippen LogP contribution in [-0.4, -0.2) is 36.0 Å². The molecule has 0 aliphatic heterocycles. The van der Waals surface area contributed by atoms with Gasteiger partial charge in [-0.05, 0) is 37.1 Å². The van der Waals surface area contributed by atoms with Crippen molar-refractivity contribution in [1.82, 2.24) is 19.3 Å². The normalized spacial score (nSPS) is 15.7. The van der Waals surface area contributed by atoms with Crippen LogP contribution in [0.2, 0.25) is 0 Å². The number of hydrogen-bond donors (Lipinski definition) is 1. The Hall–Kier alpha value is -3.15. The Bertz CT molecular complexity index is 1250. The number of alkyl halides is 3. The number of rotatable bonds is 5. The zero-order valence-corrected chi connectivity index (χ0v) is 16.3. The van der Waals surface area contributed by atoms with E-state index in [9.17, 15) is 26.4 Å². The quantitative estimate of drug-likeness (QED) is 0.653. The highest BCUT2D eigenvalue weighted by Gasteiger charge is 2.55. The molecule has 1 N–H and O–H groups in total. The van der Waals surface area contributed by atoms with Crippen LogP contribution < -0.4 is 9.46 Å². The van der Waals surface area contributed by atoms with E-state index in [1.165, 1.54) is 42.2 Å². The molecule has 30 heavy (non-hydrogen) atoms. The summed E-state index contributed by atoms with van der Waals surface area (Å²) in [6.07, 6.45) is -0.817. The molecule has 1 saturated carbocycles. The SMILES string of the molecule is COc1ncc(C(F)(F)F)cc1C1(C(=O)NS(=O)(=O)c2cccn3nccc23)CC1. The van der Waals surface area contributed by atoms with E-state index in [0.717, 1.165) is 6.07 Å². The maximum atomic E-state index is 13.1. The van der Waals surface area contributed by atoms with Gasteiger partial charge in [-0.1, -0.05) is 0 Å². The zero-order valence-electron chi connectivity index (χ0n) is 15.5. The van der Waals surface area contributed by atoms with E-state index >= 15 is 0 Å². The van der Waals surface area contributed by atoms with E-state index in [0.29, 0.717) is 6.20 Å². The molecule has 0 bridgehead atoms. The van der Waals surface area contributed by atoms with Gasteiger partial charge in [0.25, 0.3) is 10.0 Å². The van der Waals surface area contributed by atoms with Crippen LogP contribution in [0.15, 0.2) is 47.8 Å². The minimum Gasteiger partial charge on any atom is -0.481 e. The summed E-state index contributed by atoms with van der Waals surface area (Å²) in [4.78, 5) is 16.4. The number of fused-ring (bicyclic) bond motifs is 1. The fourth-order valence-electron chi connectivity index (χ4n) is 3.28. The first-order valence-electron chi connectivity index (χ1n) is 8.70. The largest absolute Gasteiger partial charge is 0.481 e. The Morgan fingerprint density at radius 3 is 2.67 bits per heavy atom. The average molecular weight is 440 g/mol. The fourth-order valence-corrected chi connectivity index (χ4v) is 4.53. The fraction of sp³-hybridized carbons (Fsp3) is 0.278. The first-order valence-corrected chi connectivity index (χ1v) is 10.2. The summed E-state index contributed by atoms with van der Waals surface area (Å²) in [6.45, 7) is 0. The third-order valence-corrected chi connectivity index (χ3v) is 6.36. The molecular formula is C18H15F3N4O4S. The predicted molar refractivity (Wildman–Crippen MR) is 97.2 cm³/mol. The minimum atomic E-state index is -4.68. The number of amides is 1. The molecule has 1 aliphatic carbocycles. The maximum Gasteiger partial charge on any atom is 0.417 e. The van der Waals surface area contributed by atoms with Gasteiger partial charge in [-0.25, -0.2) is 22.6 Å². The molecule has 8 nitrogen and oxygen atoms in total. The highest BCUT2D eigenvalue weighted by atomic mass is 32.2. The van der Waals surface area contributed by atoms with Crippen LogP contribution in [0.5, 0.6) is 5.88 Å². The molecule has 3 aromatic rings. The number of sulfonamides is 1. The molecule has 3 aromatic heterocycles. The number of nitrogens with one attached hydrogen (secondary N) is 1. The van der Waals surface area contributed by atoms with Gasteiger partial charge in [0.2, 0.25) is 11.8 Å². The summed E-state index contributed by atoms with van der Waals surface area (Å²) in [5, 5.41) is 3.94. The van der Waals surface area contributed by atoms with Gasteiger partial charge in [0.1, 0.15) is 4.90 Å². The summed E-state index contributed by atoms with van der Waals surface area (Å²) >= 11 is 0. The van der Waals surface area contributed by atoms with Crippen LogP contribution >= 0.6 is 0 Å². The monoisotopic (exact) mass is 440 g/mol. The van der Waals surface area contributed by atoms with Crippen molar-refractivity contribution < 1.29 is 31.1 Å². The number of nitrogens with zero attached hydrogens (tertiary/aromatic N) is 3. The van der Waals surface area contributed by atoms with Gasteiger partial charge in [-0.3, -0.25) is 4.79 Å². The molecule has 0 saturated heterocycles. The third-order valence-electron chi connectivity index (χ3n) is 4.99. The third kappa shape index (κ3) is 3.26. The van der Waals surface area contributed by atoms with Gasteiger partial charge in [0.15, 0.2) is 0 Å². The lowest BCUT2D eigenvalue weighted by molar-refractivity contribution is -0.138. The van der Waals surface area contributed by atoms with Crippen molar-refractivity contribution in [3.63, 3.8) is 0 Å². The van der Waals surface area contributed by atoms with Crippen LogP contribution in [0.4, 0.5) is 13.2 Å². The summed E-state index contributed by atoms with van der Waals surface area (Å²) in [6, 6.07) is 5.00. The second kappa shape index (κ2) is 6.69. The molecule has 3 heterocycles. The van der Waals surface area contributed by atoms with Crippen molar-refractivity contribution >= 4 is 21.4 Å². The Kier molecular flexibility index (Phi) is 4.49. The minimum absolute atomic E-state index is 0.102. The number of carbonyl (C=O) groups is 1. The van der Waals surface area contributed by atoms with E-state index in [-0.39, 0.29) is 34.7 Å². The number of carbonyl (C=O) groups excluding carboxylic acids is 1. The van der Waals surface area contributed by atoms with E-state index in [1.54, 1.807) is 0 Å². The lowest BCUT2D eigenvalue weighted by atomic mass is 9.95. The van der Waals surface area contributed by atoms with Gasteiger partial charge in [0.05, 0.1) is 29.8 Å². The molecule has 4 rings (SSSR count). The Balaban J connectivity index is 1.71. The molecule has 158 valence electrons. The van der Waals surface area contributed by atoms with Gasteiger partial charge < -0.3 is 4.74 Å². The molecule has 0 unspecified atom stereocenters. The molecule has 0 atom stereocenters. The number of ether oxygens (including phenoxy) is 1. The van der Waals surface area contributed by atoms with E-state index in [1.807, 2.05) is 4.72 Å². The van der Waals surface area contributed by atoms with E-state index < -0.39 is 33.1 Å². The highest BCUT2D eigenvalue weighted by Crippen LogP contribution is 2.52. The number of aromatic nitrogens is 3. The summed E-state index contributed by atoms with van der Waals surface area (Å²) < 4.78 is 73.4. The molecular weight excluding hydrogens is 425 g/mol. The lowest BCUT2D eigenvalue weighted by Gasteiger charge is -2.19. The zero-order chi connectivity index (χ0) is 21.7. The summed E-state index contributed by atoms with van der Waals surface area (Å²) in [5.74, 6) is -1.10. The second-order valence-corrected chi connectivity index (χ2v) is 8.48. The van der Waals surface area contributed by atoms with Crippen molar-refractivity contribution in [3.8, 4) is 5.88 Å². The molecule has 1 fully saturated rings. The lowest BCUT2D eigenvalue weighted by Crippen LogP contribution is -2.39. The smallest absolute Gasteiger partial charge is 0.417 e. The number of pyridine rings is 2. The van der Waals surface area contributed by atoms with Gasteiger partial charge in [0, 0.05) is 18.0 Å². The molecule has 0 radical (unpaired) electrons. The van der Waals surface area contributed by atoms with Crippen LogP contribution in [-0.2, 0) is 26.4 Å². The Morgan fingerprint density at radius 2 is 2.03 bits per heavy atom. The molecule has 1 amide bonds. The van der Waals surface area contributed by atoms with Crippen molar-refractivity contribution in [3.05, 3.63) is 54.0 Å². The maximum absolute atomic E-state index is 13.1. The molecule has 1 aliphatic rings. The predicted octanol–water partition coefficient (Wildman–Crippen LogP) is 2.29. The van der Waals surface area contributed by atoms with Gasteiger partial charge in [-0.15, -0.1) is 0 Å². The van der Waals surface area contributed by atoms with Crippen molar-refractivity contribution in [2.45, 2.75) is 29.3 Å². The first-order chi connectivity index (χ1) is 14.1. The van der Waals surface area contributed by atoms with Crippen LogP contribution in [0.3, 0.4) is 0 Å². The number of methoxy groups -OCH3 is 1. The van der Waals surface area contributed by atoms with Gasteiger partial charge in [-0.2, -0.15) is 18.3 Å². The van der Waals surface area contributed by atoms with Crippen molar-refractivity contribution in [2.24, 2.45) is 0 Å². The Morgan fingerprint density at radius 1 is 1.30 bits per heavy atom. The van der Waals surface area contributed by atoms with Crippen molar-refractivity contribution in [2.75, 3.05) is 7.11 Å². The van der Waals surface area contributed by atoms with Crippen LogP contribution in [0.1, 0.15) is 24.0 Å². The van der Waals surface area contributed by atoms with Crippen LogP contribution in [0, 0.1) is 0 Å². The van der Waals surface area contributed by atoms with Gasteiger partial charge >= 0.3 is 6.18 Å². The number of halogens is 3. The standard InChI is InChI=1S/C18H15F3N4O4S/c1-29-15-12(9-11(10-22-15)18(19,20)21)17(5-6-17)16(26)24-30(27,28)14-3-2-8-25-13(14)4-7-23-25/h2-4,7-10H,5-6H2,1H3,(H,24,26). The highest BCUT2D eigenvalue weighted by molar-refractivity contribution is 7.90. The number of hydrogen-bond acceptors (Lipinski definition) is 6. The molecule has 0 aromatic carbocycles. The van der Waals surface area contributed by atoms with E-state index in [2.05, 4.69) is 10.1 Å². The van der Waals surface area contributed by atoms with Crippen molar-refractivity contribution in [1.29, 1.82) is 0 Å². The molecule has 12 heteroatoms. The second-order valence-electron chi connectivity index (χ2n) is 6.83. The Labute approximate surface area is 168 Å². The van der Waals surface area contributed by atoms with Crippen LogP contribution in [0.25, 0.3) is 5.52 Å².